The van der Waals surface area contributed by atoms with Gasteiger partial charge in [0.1, 0.15) is 6.42 Å². The molecular weight excluding hydrogens is 231 g/mol. The molecule has 0 bridgehead atoms. The summed E-state index contributed by atoms with van der Waals surface area (Å²) in [6.07, 6.45) is -5.93. The summed E-state index contributed by atoms with van der Waals surface area (Å²) < 4.78 is 36.1. The Hall–Kier alpha value is -1.52. The highest BCUT2D eigenvalue weighted by molar-refractivity contribution is 5.77. The van der Waals surface area contributed by atoms with E-state index in [0.717, 1.165) is 5.56 Å². The molecule has 1 aromatic rings. The fraction of sp³-hybridized carbons (Fsp3) is 0.417. The van der Waals surface area contributed by atoms with Crippen molar-refractivity contribution in [3.8, 4) is 0 Å². The summed E-state index contributed by atoms with van der Waals surface area (Å²) in [5.41, 5.74) is -0.0561. The second-order valence-corrected chi connectivity index (χ2v) is 4.33. The van der Waals surface area contributed by atoms with Gasteiger partial charge < -0.3 is 5.32 Å². The maximum Gasteiger partial charge on any atom is 0.397 e. The minimum Gasteiger partial charge on any atom is -0.347 e. The molecule has 0 saturated heterocycles. The Bertz CT molecular complexity index is 384. The van der Waals surface area contributed by atoms with E-state index in [1.165, 1.54) is 0 Å². The van der Waals surface area contributed by atoms with Crippen molar-refractivity contribution in [1.82, 2.24) is 5.32 Å². The third-order valence-corrected chi connectivity index (χ3v) is 2.31. The van der Waals surface area contributed by atoms with Gasteiger partial charge in [0.05, 0.1) is 5.54 Å². The molecule has 0 spiro atoms. The smallest absolute Gasteiger partial charge is 0.347 e. The van der Waals surface area contributed by atoms with Gasteiger partial charge in [-0.05, 0) is 19.4 Å². The topological polar surface area (TPSA) is 29.1 Å². The van der Waals surface area contributed by atoms with Crippen LogP contribution in [0.25, 0.3) is 0 Å². The fourth-order valence-electron chi connectivity index (χ4n) is 1.50. The maximum atomic E-state index is 12.0. The number of alkyl halides is 3. The SMILES string of the molecule is CC(C)(NC(=O)CC(F)(F)F)c1ccccc1. The van der Waals surface area contributed by atoms with Crippen LogP contribution >= 0.6 is 0 Å². The highest BCUT2D eigenvalue weighted by Crippen LogP contribution is 2.23. The number of carbonyl (C=O) groups excluding carboxylic acids is 1. The van der Waals surface area contributed by atoms with E-state index in [-0.39, 0.29) is 0 Å². The van der Waals surface area contributed by atoms with Crippen molar-refractivity contribution in [1.29, 1.82) is 0 Å². The van der Waals surface area contributed by atoms with Gasteiger partial charge in [-0.2, -0.15) is 13.2 Å². The first-order valence-electron chi connectivity index (χ1n) is 5.14. The van der Waals surface area contributed by atoms with Gasteiger partial charge >= 0.3 is 6.18 Å². The van der Waals surface area contributed by atoms with Crippen LogP contribution in [0.15, 0.2) is 30.3 Å². The molecule has 1 rings (SSSR count). The van der Waals surface area contributed by atoms with Crippen LogP contribution in [0, 0.1) is 0 Å². The van der Waals surface area contributed by atoms with Gasteiger partial charge in [0.2, 0.25) is 5.91 Å². The van der Waals surface area contributed by atoms with Crippen LogP contribution in [0.5, 0.6) is 0 Å². The molecule has 0 aliphatic heterocycles. The predicted molar refractivity (Wildman–Crippen MR) is 58.3 cm³/mol. The monoisotopic (exact) mass is 245 g/mol. The van der Waals surface area contributed by atoms with E-state index in [9.17, 15) is 18.0 Å². The van der Waals surface area contributed by atoms with Crippen LogP contribution in [-0.4, -0.2) is 12.1 Å². The minimum absolute atomic E-state index is 0.760. The van der Waals surface area contributed by atoms with Crippen molar-refractivity contribution < 1.29 is 18.0 Å². The van der Waals surface area contributed by atoms with Gasteiger partial charge in [-0.25, -0.2) is 0 Å². The van der Waals surface area contributed by atoms with Gasteiger partial charge in [-0.15, -0.1) is 0 Å². The molecule has 0 aliphatic rings. The molecule has 0 aromatic heterocycles. The standard InChI is InChI=1S/C12H14F3NO/c1-11(2,9-6-4-3-5-7-9)16-10(17)8-12(13,14)15/h3-7H,8H2,1-2H3,(H,16,17). The Labute approximate surface area is 97.8 Å². The van der Waals surface area contributed by atoms with E-state index < -0.39 is 24.0 Å². The average Bonchev–Trinajstić information content (AvgIpc) is 2.15. The van der Waals surface area contributed by atoms with Crippen molar-refractivity contribution >= 4 is 5.91 Å². The number of benzene rings is 1. The normalized spacial score (nSPS) is 12.3. The van der Waals surface area contributed by atoms with Gasteiger partial charge in [0, 0.05) is 0 Å². The van der Waals surface area contributed by atoms with Crippen molar-refractivity contribution in [2.75, 3.05) is 0 Å². The number of halogens is 3. The lowest BCUT2D eigenvalue weighted by atomic mass is 9.94. The molecule has 0 unspecified atom stereocenters. The van der Waals surface area contributed by atoms with Crippen LogP contribution in [0.1, 0.15) is 25.8 Å². The number of nitrogens with one attached hydrogen (secondary N) is 1. The number of rotatable bonds is 3. The Kier molecular flexibility index (Phi) is 3.80. The summed E-state index contributed by atoms with van der Waals surface area (Å²) in [5, 5.41) is 2.37. The molecule has 17 heavy (non-hydrogen) atoms. The second kappa shape index (κ2) is 4.77. The molecule has 1 N–H and O–H groups in total. The number of amides is 1. The Morgan fingerprint density at radius 3 is 2.18 bits per heavy atom. The minimum atomic E-state index is -4.48. The van der Waals surface area contributed by atoms with E-state index in [1.54, 1.807) is 44.2 Å². The number of carbonyl (C=O) groups is 1. The van der Waals surface area contributed by atoms with Crippen LogP contribution in [-0.2, 0) is 10.3 Å². The molecule has 0 saturated carbocycles. The third-order valence-electron chi connectivity index (χ3n) is 2.31. The van der Waals surface area contributed by atoms with Crippen LogP contribution < -0.4 is 5.32 Å². The molecule has 2 nitrogen and oxygen atoms in total. The van der Waals surface area contributed by atoms with Crippen LogP contribution in [0.3, 0.4) is 0 Å². The summed E-state index contributed by atoms with van der Waals surface area (Å²) in [6, 6.07) is 8.86. The predicted octanol–water partition coefficient (Wildman–Crippen LogP) is 2.99. The lowest BCUT2D eigenvalue weighted by Gasteiger charge is -2.27. The van der Waals surface area contributed by atoms with E-state index in [1.807, 2.05) is 0 Å². The number of hydrogen-bond acceptors (Lipinski definition) is 1. The molecule has 1 amide bonds. The van der Waals surface area contributed by atoms with E-state index in [0.29, 0.717) is 0 Å². The highest BCUT2D eigenvalue weighted by atomic mass is 19.4. The molecule has 5 heteroatoms. The first-order chi connectivity index (χ1) is 7.71. The molecule has 0 fully saturated rings. The van der Waals surface area contributed by atoms with Gasteiger partial charge in [0.15, 0.2) is 0 Å². The summed E-state index contributed by atoms with van der Waals surface area (Å²) in [6.45, 7) is 3.33. The van der Waals surface area contributed by atoms with Crippen LogP contribution in [0.4, 0.5) is 13.2 Å². The summed E-state index contributed by atoms with van der Waals surface area (Å²) in [4.78, 5) is 11.2. The van der Waals surface area contributed by atoms with Crippen molar-refractivity contribution in [3.05, 3.63) is 35.9 Å². The van der Waals surface area contributed by atoms with Crippen molar-refractivity contribution in [3.63, 3.8) is 0 Å². The zero-order valence-corrected chi connectivity index (χ0v) is 9.64. The first kappa shape index (κ1) is 13.5. The highest BCUT2D eigenvalue weighted by Gasteiger charge is 2.33. The Morgan fingerprint density at radius 1 is 1.18 bits per heavy atom. The first-order valence-corrected chi connectivity index (χ1v) is 5.14. The van der Waals surface area contributed by atoms with E-state index in [4.69, 9.17) is 0 Å². The molecule has 0 heterocycles. The summed E-state index contributed by atoms with van der Waals surface area (Å²) in [5.74, 6) is -1.02. The molecule has 0 atom stereocenters. The lowest BCUT2D eigenvalue weighted by molar-refractivity contribution is -0.154. The second-order valence-electron chi connectivity index (χ2n) is 4.33. The van der Waals surface area contributed by atoms with E-state index in [2.05, 4.69) is 5.32 Å². The molecule has 94 valence electrons. The van der Waals surface area contributed by atoms with Gasteiger partial charge in [-0.1, -0.05) is 30.3 Å². The van der Waals surface area contributed by atoms with E-state index >= 15 is 0 Å². The van der Waals surface area contributed by atoms with Crippen molar-refractivity contribution in [2.24, 2.45) is 0 Å². The molecule has 0 radical (unpaired) electrons. The summed E-state index contributed by atoms with van der Waals surface area (Å²) >= 11 is 0. The maximum absolute atomic E-state index is 12.0. The average molecular weight is 245 g/mol. The molecule has 1 aromatic carbocycles. The van der Waals surface area contributed by atoms with Crippen molar-refractivity contribution in [2.45, 2.75) is 32.0 Å². The lowest BCUT2D eigenvalue weighted by Crippen LogP contribution is -2.42. The largest absolute Gasteiger partial charge is 0.397 e. The zero-order chi connectivity index (χ0) is 13.1. The number of hydrogen-bond donors (Lipinski definition) is 1. The third kappa shape index (κ3) is 4.46. The quantitative estimate of drug-likeness (QED) is 0.871. The summed E-state index contributed by atoms with van der Waals surface area (Å²) in [7, 11) is 0. The van der Waals surface area contributed by atoms with Gasteiger partial charge in [-0.3, -0.25) is 4.79 Å². The van der Waals surface area contributed by atoms with Gasteiger partial charge in [0.25, 0.3) is 0 Å². The molecular formula is C12H14F3NO. The Balaban J connectivity index is 2.71. The zero-order valence-electron chi connectivity index (χ0n) is 9.64. The fourth-order valence-corrected chi connectivity index (χ4v) is 1.50. The van der Waals surface area contributed by atoms with Crippen LogP contribution in [0.2, 0.25) is 0 Å². The molecule has 0 aliphatic carbocycles. The Morgan fingerprint density at radius 2 is 1.71 bits per heavy atom.